The second-order valence-electron chi connectivity index (χ2n) is 4.77. The molecule has 1 aliphatic carbocycles. The van der Waals surface area contributed by atoms with E-state index in [0.29, 0.717) is 37.6 Å². The van der Waals surface area contributed by atoms with Crippen LogP contribution in [0, 0.1) is 6.92 Å². The van der Waals surface area contributed by atoms with Gasteiger partial charge in [0, 0.05) is 0 Å². The van der Waals surface area contributed by atoms with E-state index in [2.05, 4.69) is 15.9 Å². The molecule has 1 aliphatic heterocycles. The molecule has 1 aromatic rings. The van der Waals surface area contributed by atoms with Crippen LogP contribution in [0.2, 0.25) is 0 Å². The molecule has 1 heterocycles. The molecule has 1 aromatic carbocycles. The number of halogens is 1. The van der Waals surface area contributed by atoms with Crippen LogP contribution in [0.25, 0.3) is 0 Å². The molecule has 0 bridgehead atoms. The number of ether oxygens (including phenoxy) is 2. The van der Waals surface area contributed by atoms with Gasteiger partial charge in [-0.3, -0.25) is 4.79 Å². The molecule has 1 fully saturated rings. The molecule has 5 heteroatoms. The van der Waals surface area contributed by atoms with Crippen molar-refractivity contribution in [2.75, 3.05) is 13.2 Å². The number of hydrogen-bond donors (Lipinski definition) is 1. The van der Waals surface area contributed by atoms with E-state index >= 15 is 0 Å². The van der Waals surface area contributed by atoms with Gasteiger partial charge in [0.15, 0.2) is 11.5 Å². The van der Waals surface area contributed by atoms with E-state index in [1.807, 2.05) is 13.0 Å². The Hall–Kier alpha value is -1.23. The van der Waals surface area contributed by atoms with Gasteiger partial charge >= 0.3 is 5.97 Å². The van der Waals surface area contributed by atoms with Crippen LogP contribution in [0.5, 0.6) is 11.5 Å². The van der Waals surface area contributed by atoms with E-state index in [0.717, 1.165) is 15.6 Å². The zero-order valence-corrected chi connectivity index (χ0v) is 11.5. The van der Waals surface area contributed by atoms with E-state index in [4.69, 9.17) is 9.47 Å². The molecule has 2 aliphatic rings. The van der Waals surface area contributed by atoms with E-state index in [-0.39, 0.29) is 0 Å². The van der Waals surface area contributed by atoms with E-state index in [9.17, 15) is 9.90 Å². The normalized spacial score (nSPS) is 19.4. The highest BCUT2D eigenvalue weighted by molar-refractivity contribution is 9.10. The summed E-state index contributed by atoms with van der Waals surface area (Å²) in [5.41, 5.74) is 1.05. The van der Waals surface area contributed by atoms with Gasteiger partial charge in [0.25, 0.3) is 0 Å². The fraction of sp³-hybridized carbons (Fsp3) is 0.462. The molecule has 3 rings (SSSR count). The highest BCUT2D eigenvalue weighted by Gasteiger charge is 2.53. The van der Waals surface area contributed by atoms with Gasteiger partial charge in [0.2, 0.25) is 0 Å². The highest BCUT2D eigenvalue weighted by Crippen LogP contribution is 2.53. The Balaban J connectivity index is 2.17. The van der Waals surface area contributed by atoms with Crippen LogP contribution in [0.3, 0.4) is 0 Å². The quantitative estimate of drug-likeness (QED) is 0.912. The first-order chi connectivity index (χ1) is 8.56. The molecule has 1 N–H and O–H groups in total. The van der Waals surface area contributed by atoms with Crippen molar-refractivity contribution in [1.29, 1.82) is 0 Å². The van der Waals surface area contributed by atoms with Crippen molar-refractivity contribution in [3.8, 4) is 11.5 Å². The molecule has 0 unspecified atom stereocenters. The number of fused-ring (bicyclic) bond motifs is 1. The molecule has 1 saturated carbocycles. The minimum Gasteiger partial charge on any atom is -0.486 e. The largest absolute Gasteiger partial charge is 0.486 e. The van der Waals surface area contributed by atoms with Gasteiger partial charge in [-0.2, -0.15) is 0 Å². The summed E-state index contributed by atoms with van der Waals surface area (Å²) in [6.45, 7) is 2.94. The van der Waals surface area contributed by atoms with Gasteiger partial charge in [-0.25, -0.2) is 0 Å². The summed E-state index contributed by atoms with van der Waals surface area (Å²) in [6, 6.07) is 1.83. The molecule has 0 radical (unpaired) electrons. The van der Waals surface area contributed by atoms with Gasteiger partial charge in [-0.15, -0.1) is 0 Å². The Morgan fingerprint density at radius 3 is 2.67 bits per heavy atom. The fourth-order valence-electron chi connectivity index (χ4n) is 2.46. The monoisotopic (exact) mass is 312 g/mol. The van der Waals surface area contributed by atoms with Crippen LogP contribution in [0.1, 0.15) is 24.0 Å². The van der Waals surface area contributed by atoms with Gasteiger partial charge in [0.05, 0.1) is 9.89 Å². The van der Waals surface area contributed by atoms with Crippen molar-refractivity contribution in [2.45, 2.75) is 25.2 Å². The number of benzene rings is 1. The summed E-state index contributed by atoms with van der Waals surface area (Å²) in [6.07, 6.45) is 1.38. The van der Waals surface area contributed by atoms with Crippen LogP contribution < -0.4 is 9.47 Å². The Bertz CT molecular complexity index is 534. The van der Waals surface area contributed by atoms with Crippen LogP contribution in [0.4, 0.5) is 0 Å². The van der Waals surface area contributed by atoms with Gasteiger partial charge < -0.3 is 14.6 Å². The minimum absolute atomic E-state index is 0.502. The Kier molecular flexibility index (Phi) is 2.55. The first kappa shape index (κ1) is 11.8. The maximum absolute atomic E-state index is 11.4. The Morgan fingerprint density at radius 1 is 1.39 bits per heavy atom. The van der Waals surface area contributed by atoms with Crippen LogP contribution in [-0.2, 0) is 10.2 Å². The van der Waals surface area contributed by atoms with Crippen molar-refractivity contribution in [3.63, 3.8) is 0 Å². The maximum atomic E-state index is 11.4. The predicted octanol–water partition coefficient (Wildman–Crippen LogP) is 2.64. The first-order valence-corrected chi connectivity index (χ1v) is 6.68. The average molecular weight is 313 g/mol. The molecular formula is C13H13BrO4. The summed E-state index contributed by atoms with van der Waals surface area (Å²) in [4.78, 5) is 11.4. The molecule has 0 spiro atoms. The lowest BCUT2D eigenvalue weighted by Crippen LogP contribution is -2.23. The number of aliphatic carboxylic acids is 1. The van der Waals surface area contributed by atoms with Gasteiger partial charge in [-0.1, -0.05) is 0 Å². The number of rotatable bonds is 2. The molecule has 0 amide bonds. The third kappa shape index (κ3) is 1.53. The standard InChI is InChI=1S/C13H13BrO4/c1-7-8(13(2-3-13)12(15)16)6-9-11(10(7)14)18-5-4-17-9/h6H,2-5H2,1H3,(H,15,16). The third-order valence-electron chi connectivity index (χ3n) is 3.69. The first-order valence-electron chi connectivity index (χ1n) is 5.89. The SMILES string of the molecule is Cc1c(C2(C(=O)O)CC2)cc2c(c1Br)OCCO2. The van der Waals surface area contributed by atoms with E-state index in [1.54, 1.807) is 0 Å². The van der Waals surface area contributed by atoms with Crippen LogP contribution in [0.15, 0.2) is 10.5 Å². The predicted molar refractivity (Wildman–Crippen MR) is 68.4 cm³/mol. The second-order valence-corrected chi connectivity index (χ2v) is 5.57. The zero-order valence-electron chi connectivity index (χ0n) is 9.96. The number of carboxylic acids is 1. The Labute approximate surface area is 113 Å². The topological polar surface area (TPSA) is 55.8 Å². The minimum atomic E-state index is -0.755. The summed E-state index contributed by atoms with van der Waals surface area (Å²) in [5, 5.41) is 9.39. The van der Waals surface area contributed by atoms with Crippen molar-refractivity contribution in [3.05, 3.63) is 21.7 Å². The summed E-state index contributed by atoms with van der Waals surface area (Å²) >= 11 is 3.49. The molecule has 0 saturated heterocycles. The lowest BCUT2D eigenvalue weighted by atomic mass is 9.91. The molecule has 18 heavy (non-hydrogen) atoms. The number of carboxylic acid groups (broad SMARTS) is 1. The Morgan fingerprint density at radius 2 is 2.06 bits per heavy atom. The smallest absolute Gasteiger partial charge is 0.314 e. The van der Waals surface area contributed by atoms with Crippen molar-refractivity contribution >= 4 is 21.9 Å². The molecule has 4 nitrogen and oxygen atoms in total. The van der Waals surface area contributed by atoms with E-state index < -0.39 is 11.4 Å². The van der Waals surface area contributed by atoms with Crippen molar-refractivity contribution < 1.29 is 19.4 Å². The molecule has 0 atom stereocenters. The van der Waals surface area contributed by atoms with Crippen molar-refractivity contribution in [1.82, 2.24) is 0 Å². The average Bonchev–Trinajstić information content (AvgIpc) is 3.15. The lowest BCUT2D eigenvalue weighted by molar-refractivity contribution is -0.140. The summed E-state index contributed by atoms with van der Waals surface area (Å²) < 4.78 is 11.9. The summed E-state index contributed by atoms with van der Waals surface area (Å²) in [7, 11) is 0. The van der Waals surface area contributed by atoms with Gasteiger partial charge in [-0.05, 0) is 52.9 Å². The zero-order chi connectivity index (χ0) is 12.9. The number of hydrogen-bond acceptors (Lipinski definition) is 3. The second kappa shape index (κ2) is 3.88. The number of carbonyl (C=O) groups is 1. The third-order valence-corrected chi connectivity index (χ3v) is 4.65. The summed E-state index contributed by atoms with van der Waals surface area (Å²) in [5.74, 6) is 0.569. The highest BCUT2D eigenvalue weighted by atomic mass is 79.9. The van der Waals surface area contributed by atoms with E-state index in [1.165, 1.54) is 0 Å². The maximum Gasteiger partial charge on any atom is 0.314 e. The molecule has 96 valence electrons. The lowest BCUT2D eigenvalue weighted by Gasteiger charge is -2.24. The fourth-order valence-corrected chi connectivity index (χ4v) is 2.98. The van der Waals surface area contributed by atoms with Crippen molar-refractivity contribution in [2.24, 2.45) is 0 Å². The molecule has 0 aromatic heterocycles. The van der Waals surface area contributed by atoms with Gasteiger partial charge in [0.1, 0.15) is 13.2 Å². The molecular weight excluding hydrogens is 300 g/mol. The van der Waals surface area contributed by atoms with Crippen LogP contribution in [-0.4, -0.2) is 24.3 Å². The van der Waals surface area contributed by atoms with Crippen LogP contribution >= 0.6 is 15.9 Å².